The van der Waals surface area contributed by atoms with Crippen molar-refractivity contribution in [2.75, 3.05) is 6.54 Å². The smallest absolute Gasteiger partial charge is 0.313 e. The maximum absolute atomic E-state index is 13.0. The number of hydrogen-bond donors (Lipinski definition) is 1. The SMILES string of the molecule is CC1CCC(CNC2CCCCC2C(F)(F)F)CC1. The van der Waals surface area contributed by atoms with Gasteiger partial charge in [0.15, 0.2) is 0 Å². The Morgan fingerprint density at radius 2 is 1.58 bits per heavy atom. The van der Waals surface area contributed by atoms with Gasteiger partial charge in [-0.2, -0.15) is 13.2 Å². The van der Waals surface area contributed by atoms with Gasteiger partial charge in [-0.1, -0.05) is 32.6 Å². The predicted molar refractivity (Wildman–Crippen MR) is 70.9 cm³/mol. The van der Waals surface area contributed by atoms with Crippen molar-refractivity contribution >= 4 is 0 Å². The summed E-state index contributed by atoms with van der Waals surface area (Å²) in [4.78, 5) is 0. The lowest BCUT2D eigenvalue weighted by molar-refractivity contribution is -0.189. The predicted octanol–water partition coefficient (Wildman–Crippen LogP) is 4.52. The lowest BCUT2D eigenvalue weighted by atomic mass is 9.81. The van der Waals surface area contributed by atoms with E-state index in [9.17, 15) is 13.2 Å². The second-order valence-electron chi connectivity index (χ2n) is 6.57. The number of hydrogen-bond acceptors (Lipinski definition) is 1. The summed E-state index contributed by atoms with van der Waals surface area (Å²) in [5.41, 5.74) is 0. The van der Waals surface area contributed by atoms with Crippen molar-refractivity contribution < 1.29 is 13.2 Å². The second-order valence-corrected chi connectivity index (χ2v) is 6.57. The van der Waals surface area contributed by atoms with Gasteiger partial charge in [-0.3, -0.25) is 0 Å². The van der Waals surface area contributed by atoms with Gasteiger partial charge < -0.3 is 5.32 Å². The van der Waals surface area contributed by atoms with Gasteiger partial charge in [0.1, 0.15) is 0 Å². The highest BCUT2D eigenvalue weighted by molar-refractivity contribution is 4.86. The van der Waals surface area contributed by atoms with E-state index in [0.29, 0.717) is 18.8 Å². The molecule has 2 aliphatic rings. The van der Waals surface area contributed by atoms with Crippen LogP contribution >= 0.6 is 0 Å². The van der Waals surface area contributed by atoms with Crippen molar-refractivity contribution in [1.82, 2.24) is 5.32 Å². The molecule has 1 nitrogen and oxygen atoms in total. The van der Waals surface area contributed by atoms with Crippen LogP contribution in [0.5, 0.6) is 0 Å². The zero-order valence-electron chi connectivity index (χ0n) is 11.8. The minimum absolute atomic E-state index is 0.308. The van der Waals surface area contributed by atoms with Crippen LogP contribution in [0.4, 0.5) is 13.2 Å². The van der Waals surface area contributed by atoms with Gasteiger partial charge in [0.2, 0.25) is 0 Å². The van der Waals surface area contributed by atoms with Crippen LogP contribution in [0.25, 0.3) is 0 Å². The van der Waals surface area contributed by atoms with Gasteiger partial charge in [-0.05, 0) is 44.1 Å². The first-order valence-electron chi connectivity index (χ1n) is 7.77. The Morgan fingerprint density at radius 1 is 0.947 bits per heavy atom. The standard InChI is InChI=1S/C15H26F3N/c1-11-6-8-12(9-7-11)10-19-14-5-3-2-4-13(14)15(16,17)18/h11-14,19H,2-10H2,1H3. The van der Waals surface area contributed by atoms with Crippen LogP contribution in [0, 0.1) is 17.8 Å². The lowest BCUT2D eigenvalue weighted by Crippen LogP contribution is -2.47. The maximum atomic E-state index is 13.0. The first-order valence-corrected chi connectivity index (χ1v) is 7.77. The van der Waals surface area contributed by atoms with E-state index >= 15 is 0 Å². The molecule has 0 amide bonds. The molecule has 2 unspecified atom stereocenters. The van der Waals surface area contributed by atoms with Crippen LogP contribution in [0.2, 0.25) is 0 Å². The first kappa shape index (κ1) is 15.1. The van der Waals surface area contributed by atoms with Crippen LogP contribution in [-0.4, -0.2) is 18.8 Å². The topological polar surface area (TPSA) is 12.0 Å². The molecule has 0 bridgehead atoms. The van der Waals surface area contributed by atoms with Gasteiger partial charge in [0.25, 0.3) is 0 Å². The summed E-state index contributed by atoms with van der Waals surface area (Å²) >= 11 is 0. The van der Waals surface area contributed by atoms with E-state index in [2.05, 4.69) is 12.2 Å². The van der Waals surface area contributed by atoms with Gasteiger partial charge in [-0.25, -0.2) is 0 Å². The van der Waals surface area contributed by atoms with E-state index in [-0.39, 0.29) is 6.04 Å². The molecule has 2 atom stereocenters. The summed E-state index contributed by atoms with van der Waals surface area (Å²) < 4.78 is 38.9. The van der Waals surface area contributed by atoms with Crippen LogP contribution in [0.1, 0.15) is 58.3 Å². The highest BCUT2D eigenvalue weighted by Gasteiger charge is 2.45. The summed E-state index contributed by atoms with van der Waals surface area (Å²) in [7, 11) is 0. The largest absolute Gasteiger partial charge is 0.393 e. The third-order valence-electron chi connectivity index (χ3n) is 4.99. The van der Waals surface area contributed by atoms with Gasteiger partial charge in [0.05, 0.1) is 5.92 Å². The Hall–Kier alpha value is -0.250. The van der Waals surface area contributed by atoms with Gasteiger partial charge >= 0.3 is 6.18 Å². The van der Waals surface area contributed by atoms with Gasteiger partial charge in [-0.15, -0.1) is 0 Å². The molecule has 0 aromatic rings. The molecule has 0 aromatic heterocycles. The van der Waals surface area contributed by atoms with Crippen molar-refractivity contribution in [3.63, 3.8) is 0 Å². The third-order valence-corrected chi connectivity index (χ3v) is 4.99. The fourth-order valence-electron chi connectivity index (χ4n) is 3.62. The minimum Gasteiger partial charge on any atom is -0.313 e. The Kier molecular flexibility index (Phi) is 5.15. The highest BCUT2D eigenvalue weighted by Crippen LogP contribution is 2.38. The van der Waals surface area contributed by atoms with E-state index in [1.165, 1.54) is 25.7 Å². The minimum atomic E-state index is -4.03. The van der Waals surface area contributed by atoms with Crippen molar-refractivity contribution in [3.8, 4) is 0 Å². The molecule has 0 spiro atoms. The van der Waals surface area contributed by atoms with Crippen LogP contribution in [0.15, 0.2) is 0 Å². The van der Waals surface area contributed by atoms with Crippen molar-refractivity contribution in [2.24, 2.45) is 17.8 Å². The molecule has 1 N–H and O–H groups in total. The fraction of sp³-hybridized carbons (Fsp3) is 1.00. The van der Waals surface area contributed by atoms with Crippen molar-refractivity contribution in [2.45, 2.75) is 70.5 Å². The molecule has 112 valence electrons. The first-order chi connectivity index (χ1) is 8.97. The van der Waals surface area contributed by atoms with Crippen LogP contribution in [-0.2, 0) is 0 Å². The Morgan fingerprint density at radius 3 is 2.21 bits per heavy atom. The normalized spacial score (nSPS) is 37.3. The molecule has 2 saturated carbocycles. The molecule has 0 radical (unpaired) electrons. The molecular weight excluding hydrogens is 251 g/mol. The molecule has 0 aromatic carbocycles. The molecule has 0 heterocycles. The second kappa shape index (κ2) is 6.47. The van der Waals surface area contributed by atoms with E-state index in [0.717, 1.165) is 25.3 Å². The highest BCUT2D eigenvalue weighted by atomic mass is 19.4. The van der Waals surface area contributed by atoms with Crippen molar-refractivity contribution in [1.29, 1.82) is 0 Å². The molecule has 2 fully saturated rings. The fourth-order valence-corrected chi connectivity index (χ4v) is 3.62. The number of alkyl halides is 3. The van der Waals surface area contributed by atoms with Crippen LogP contribution in [0.3, 0.4) is 0 Å². The molecule has 19 heavy (non-hydrogen) atoms. The van der Waals surface area contributed by atoms with E-state index in [1.807, 2.05) is 0 Å². The molecular formula is C15H26F3N. The average Bonchev–Trinajstić information content (AvgIpc) is 2.37. The summed E-state index contributed by atoms with van der Waals surface area (Å²) in [6, 6.07) is -0.340. The monoisotopic (exact) mass is 277 g/mol. The zero-order chi connectivity index (χ0) is 13.9. The summed E-state index contributed by atoms with van der Waals surface area (Å²) in [6.45, 7) is 3.05. The molecule has 0 aliphatic heterocycles. The number of nitrogens with one attached hydrogen (secondary N) is 1. The third kappa shape index (κ3) is 4.37. The molecule has 4 heteroatoms. The Labute approximate surface area is 114 Å². The van der Waals surface area contributed by atoms with Gasteiger partial charge in [0, 0.05) is 6.04 Å². The van der Waals surface area contributed by atoms with E-state index in [1.54, 1.807) is 0 Å². The lowest BCUT2D eigenvalue weighted by Gasteiger charge is -2.35. The van der Waals surface area contributed by atoms with E-state index in [4.69, 9.17) is 0 Å². The van der Waals surface area contributed by atoms with Crippen molar-refractivity contribution in [3.05, 3.63) is 0 Å². The Balaban J connectivity index is 1.80. The number of rotatable bonds is 3. The zero-order valence-corrected chi connectivity index (χ0v) is 11.8. The Bertz CT molecular complexity index is 269. The molecule has 2 rings (SSSR count). The summed E-state index contributed by atoms with van der Waals surface area (Å²) in [6.07, 6.45) is 3.46. The maximum Gasteiger partial charge on any atom is 0.393 e. The summed E-state index contributed by atoms with van der Waals surface area (Å²) in [5, 5.41) is 3.24. The summed E-state index contributed by atoms with van der Waals surface area (Å²) in [5.74, 6) is 0.268. The van der Waals surface area contributed by atoms with E-state index < -0.39 is 12.1 Å². The number of halogens is 3. The van der Waals surface area contributed by atoms with Crippen LogP contribution < -0.4 is 5.32 Å². The quantitative estimate of drug-likeness (QED) is 0.799. The molecule has 0 saturated heterocycles. The average molecular weight is 277 g/mol. The molecule has 2 aliphatic carbocycles.